The molecule has 1 aromatic heterocycles. The lowest BCUT2D eigenvalue weighted by Crippen LogP contribution is -2.53. The number of carbonyl (C=O) groups is 2. The molecule has 0 spiro atoms. The number of carbonyl (C=O) groups excluding carboxylic acids is 2. The van der Waals surface area contributed by atoms with Crippen LogP contribution in [-0.4, -0.2) is 59.8 Å². The molecule has 1 fully saturated rings. The number of amides is 2. The van der Waals surface area contributed by atoms with Gasteiger partial charge in [0.2, 0.25) is 5.91 Å². The zero-order valence-electron chi connectivity index (χ0n) is 17.1. The molecule has 156 valence electrons. The van der Waals surface area contributed by atoms with Crippen LogP contribution in [0.5, 0.6) is 0 Å². The monoisotopic (exact) mass is 400 g/mol. The number of fused-ring (bicyclic) bond motifs is 1. The molecule has 1 aliphatic heterocycles. The topological polar surface area (TPSA) is 107 Å². The third-order valence-electron chi connectivity index (χ3n) is 4.61. The maximum atomic E-state index is 13.1. The molecule has 2 amide bonds. The van der Waals surface area contributed by atoms with Gasteiger partial charge in [0.05, 0.1) is 13.2 Å². The van der Waals surface area contributed by atoms with Gasteiger partial charge in [-0.3, -0.25) is 4.79 Å². The van der Waals surface area contributed by atoms with E-state index in [0.29, 0.717) is 38.5 Å². The van der Waals surface area contributed by atoms with E-state index in [9.17, 15) is 9.59 Å². The molecular formula is C21H28N4O4. The van der Waals surface area contributed by atoms with Crippen LogP contribution < -0.4 is 11.1 Å². The van der Waals surface area contributed by atoms with E-state index in [1.165, 1.54) is 0 Å². The summed E-state index contributed by atoms with van der Waals surface area (Å²) in [6.45, 7) is 7.35. The van der Waals surface area contributed by atoms with Crippen LogP contribution in [0, 0.1) is 0 Å². The van der Waals surface area contributed by atoms with Crippen molar-refractivity contribution >= 4 is 28.6 Å². The number of alkyl carbamates (subject to hydrolysis) is 1. The number of nitrogen functional groups attached to an aromatic ring is 1. The van der Waals surface area contributed by atoms with Crippen LogP contribution in [0.4, 0.5) is 10.6 Å². The number of anilines is 1. The maximum absolute atomic E-state index is 13.1. The number of morpholine rings is 1. The van der Waals surface area contributed by atoms with Gasteiger partial charge in [-0.05, 0) is 37.8 Å². The second-order valence-corrected chi connectivity index (χ2v) is 8.09. The lowest BCUT2D eigenvalue weighted by Gasteiger charge is -2.31. The van der Waals surface area contributed by atoms with Gasteiger partial charge in [0.1, 0.15) is 17.5 Å². The molecule has 0 bridgehead atoms. The zero-order valence-corrected chi connectivity index (χ0v) is 17.1. The third kappa shape index (κ3) is 5.57. The van der Waals surface area contributed by atoms with Crippen molar-refractivity contribution in [1.29, 1.82) is 0 Å². The van der Waals surface area contributed by atoms with E-state index in [2.05, 4.69) is 10.3 Å². The number of nitrogens with one attached hydrogen (secondary N) is 1. The van der Waals surface area contributed by atoms with Crippen LogP contribution in [0.25, 0.3) is 10.8 Å². The first-order valence-corrected chi connectivity index (χ1v) is 9.72. The lowest BCUT2D eigenvalue weighted by molar-refractivity contribution is -0.137. The van der Waals surface area contributed by atoms with E-state index >= 15 is 0 Å². The summed E-state index contributed by atoms with van der Waals surface area (Å²) in [6, 6.07) is 6.88. The fourth-order valence-electron chi connectivity index (χ4n) is 3.27. The molecule has 0 radical (unpaired) electrons. The van der Waals surface area contributed by atoms with Crippen molar-refractivity contribution in [2.75, 3.05) is 32.0 Å². The number of rotatable bonds is 4. The summed E-state index contributed by atoms with van der Waals surface area (Å²) in [5, 5.41) is 4.54. The predicted molar refractivity (Wildman–Crippen MR) is 110 cm³/mol. The van der Waals surface area contributed by atoms with Gasteiger partial charge in [-0.2, -0.15) is 0 Å². The van der Waals surface area contributed by atoms with Crippen molar-refractivity contribution < 1.29 is 19.1 Å². The number of benzene rings is 1. The zero-order chi connectivity index (χ0) is 21.0. The van der Waals surface area contributed by atoms with Crippen LogP contribution >= 0.6 is 0 Å². The fraction of sp³-hybridized carbons (Fsp3) is 0.476. The highest BCUT2D eigenvalue weighted by Crippen LogP contribution is 2.21. The minimum Gasteiger partial charge on any atom is -0.444 e. The number of hydrogen-bond donors (Lipinski definition) is 2. The molecule has 2 aromatic rings. The van der Waals surface area contributed by atoms with Crippen molar-refractivity contribution in [1.82, 2.24) is 15.2 Å². The summed E-state index contributed by atoms with van der Waals surface area (Å²) < 4.78 is 10.7. The van der Waals surface area contributed by atoms with Gasteiger partial charge in [0.25, 0.3) is 0 Å². The van der Waals surface area contributed by atoms with Gasteiger partial charge in [-0.15, -0.1) is 0 Å². The molecule has 8 nitrogen and oxygen atoms in total. The predicted octanol–water partition coefficient (Wildman–Crippen LogP) is 2.11. The Labute approximate surface area is 170 Å². The molecule has 1 atom stereocenters. The van der Waals surface area contributed by atoms with Crippen molar-refractivity contribution in [3.05, 3.63) is 36.0 Å². The normalized spacial score (nSPS) is 15.8. The Morgan fingerprint density at radius 3 is 2.69 bits per heavy atom. The number of nitrogens with two attached hydrogens (primary N) is 1. The summed E-state index contributed by atoms with van der Waals surface area (Å²) >= 11 is 0. The molecular weight excluding hydrogens is 372 g/mol. The Morgan fingerprint density at radius 1 is 1.28 bits per heavy atom. The Morgan fingerprint density at radius 2 is 2.00 bits per heavy atom. The van der Waals surface area contributed by atoms with Gasteiger partial charge in [0.15, 0.2) is 0 Å². The molecule has 1 unspecified atom stereocenters. The largest absolute Gasteiger partial charge is 0.444 e. The Kier molecular flexibility index (Phi) is 6.22. The Balaban J connectivity index is 1.81. The first kappa shape index (κ1) is 20.9. The number of aromatic nitrogens is 1. The summed E-state index contributed by atoms with van der Waals surface area (Å²) in [6.07, 6.45) is 1.38. The van der Waals surface area contributed by atoms with Crippen molar-refractivity contribution in [2.45, 2.75) is 38.8 Å². The first-order chi connectivity index (χ1) is 13.7. The molecule has 29 heavy (non-hydrogen) atoms. The van der Waals surface area contributed by atoms with E-state index in [-0.39, 0.29) is 5.91 Å². The van der Waals surface area contributed by atoms with Crippen LogP contribution in [-0.2, 0) is 20.7 Å². The van der Waals surface area contributed by atoms with Crippen molar-refractivity contribution in [3.8, 4) is 0 Å². The third-order valence-corrected chi connectivity index (χ3v) is 4.61. The van der Waals surface area contributed by atoms with E-state index in [0.717, 1.165) is 16.3 Å². The van der Waals surface area contributed by atoms with Crippen LogP contribution in [0.1, 0.15) is 26.3 Å². The van der Waals surface area contributed by atoms with Gasteiger partial charge in [-0.1, -0.05) is 18.2 Å². The van der Waals surface area contributed by atoms with E-state index in [1.807, 2.05) is 24.3 Å². The molecule has 0 aliphatic carbocycles. The summed E-state index contributed by atoms with van der Waals surface area (Å²) in [7, 11) is 0. The van der Waals surface area contributed by atoms with E-state index < -0.39 is 17.7 Å². The van der Waals surface area contributed by atoms with Gasteiger partial charge in [-0.25, -0.2) is 9.78 Å². The summed E-state index contributed by atoms with van der Waals surface area (Å²) in [4.78, 5) is 31.3. The van der Waals surface area contributed by atoms with Crippen molar-refractivity contribution in [3.63, 3.8) is 0 Å². The highest BCUT2D eigenvalue weighted by molar-refractivity contribution is 5.91. The van der Waals surface area contributed by atoms with Gasteiger partial charge < -0.3 is 25.4 Å². The van der Waals surface area contributed by atoms with Gasteiger partial charge >= 0.3 is 6.09 Å². The van der Waals surface area contributed by atoms with Crippen LogP contribution in [0.2, 0.25) is 0 Å². The molecule has 1 aromatic carbocycles. The lowest BCUT2D eigenvalue weighted by atomic mass is 10.0. The van der Waals surface area contributed by atoms with Crippen LogP contribution in [0.3, 0.4) is 0 Å². The first-order valence-electron chi connectivity index (χ1n) is 9.72. The highest BCUT2D eigenvalue weighted by atomic mass is 16.6. The summed E-state index contributed by atoms with van der Waals surface area (Å²) in [5.41, 5.74) is 6.18. The van der Waals surface area contributed by atoms with E-state index in [4.69, 9.17) is 15.2 Å². The second kappa shape index (κ2) is 8.65. The Bertz CT molecular complexity index is 888. The maximum Gasteiger partial charge on any atom is 0.408 e. The molecule has 1 aliphatic rings. The minimum absolute atomic E-state index is 0.145. The molecule has 3 rings (SSSR count). The number of pyridine rings is 1. The average Bonchev–Trinajstić information content (AvgIpc) is 2.66. The minimum atomic E-state index is -0.736. The SMILES string of the molecule is CC(C)(C)OC(=O)NC(Cc1ccc2c(N)nccc2c1)C(=O)N1CCOCC1. The standard InChI is InChI=1S/C21H28N4O4/c1-21(2,3)29-20(27)24-17(19(26)25-8-10-28-11-9-25)13-14-4-5-16-15(12-14)6-7-23-18(16)22/h4-7,12,17H,8-11,13H2,1-3H3,(H2,22,23)(H,24,27). The second-order valence-electron chi connectivity index (χ2n) is 8.09. The van der Waals surface area contributed by atoms with Crippen molar-refractivity contribution in [2.24, 2.45) is 0 Å². The molecule has 1 saturated heterocycles. The fourth-order valence-corrected chi connectivity index (χ4v) is 3.27. The molecule has 3 N–H and O–H groups in total. The Hall–Kier alpha value is -2.87. The molecule has 8 heteroatoms. The summed E-state index contributed by atoms with van der Waals surface area (Å²) in [5.74, 6) is 0.315. The number of ether oxygens (including phenoxy) is 2. The smallest absolute Gasteiger partial charge is 0.408 e. The number of hydrogen-bond acceptors (Lipinski definition) is 6. The number of nitrogens with zero attached hydrogens (tertiary/aromatic N) is 2. The van der Waals surface area contributed by atoms with Crippen LogP contribution in [0.15, 0.2) is 30.5 Å². The molecule has 2 heterocycles. The molecule has 0 saturated carbocycles. The average molecular weight is 400 g/mol. The highest BCUT2D eigenvalue weighted by Gasteiger charge is 2.29. The van der Waals surface area contributed by atoms with E-state index in [1.54, 1.807) is 31.9 Å². The van der Waals surface area contributed by atoms with Gasteiger partial charge in [0, 0.05) is 31.1 Å². The quantitative estimate of drug-likeness (QED) is 0.814.